The second-order valence-electron chi connectivity index (χ2n) is 6.08. The van der Waals surface area contributed by atoms with Crippen molar-refractivity contribution in [1.82, 2.24) is 20.2 Å². The van der Waals surface area contributed by atoms with Crippen molar-refractivity contribution in [2.24, 2.45) is 0 Å². The number of carbonyl (C=O) groups excluding carboxylic acids is 1. The summed E-state index contributed by atoms with van der Waals surface area (Å²) in [4.78, 5) is 22.8. The summed E-state index contributed by atoms with van der Waals surface area (Å²) in [5.41, 5.74) is 2.20. The molecule has 2 aromatic rings. The zero-order valence-corrected chi connectivity index (χ0v) is 15.4. The fourth-order valence-corrected chi connectivity index (χ4v) is 2.83. The molecular formula is C18H22ClN5O2. The molecule has 3 rings (SSSR count). The Balaban J connectivity index is 1.57. The smallest absolute Gasteiger partial charge is 0.270 e. The second kappa shape index (κ2) is 8.93. The Morgan fingerprint density at radius 2 is 2.08 bits per heavy atom. The zero-order valence-electron chi connectivity index (χ0n) is 14.7. The van der Waals surface area contributed by atoms with Crippen LogP contribution in [0.4, 0.5) is 11.5 Å². The van der Waals surface area contributed by atoms with Gasteiger partial charge >= 0.3 is 0 Å². The van der Waals surface area contributed by atoms with Gasteiger partial charge in [-0.3, -0.25) is 9.69 Å². The Hall–Kier alpha value is -2.22. The average Bonchev–Trinajstić information content (AvgIpc) is 2.66. The van der Waals surface area contributed by atoms with E-state index in [2.05, 4.69) is 25.5 Å². The Kier molecular flexibility index (Phi) is 6.38. The molecule has 2 N–H and O–H groups in total. The first-order valence-electron chi connectivity index (χ1n) is 8.55. The topological polar surface area (TPSA) is 79.4 Å². The molecular weight excluding hydrogens is 354 g/mol. The lowest BCUT2D eigenvalue weighted by Gasteiger charge is -2.26. The lowest BCUT2D eigenvalue weighted by atomic mass is 10.2. The summed E-state index contributed by atoms with van der Waals surface area (Å²) in [5, 5.41) is 6.71. The van der Waals surface area contributed by atoms with Crippen LogP contribution in [0.5, 0.6) is 0 Å². The highest BCUT2D eigenvalue weighted by Crippen LogP contribution is 2.23. The highest BCUT2D eigenvalue weighted by atomic mass is 35.5. The molecule has 1 saturated heterocycles. The molecule has 7 nitrogen and oxygen atoms in total. The molecule has 0 saturated carbocycles. The van der Waals surface area contributed by atoms with Gasteiger partial charge < -0.3 is 15.4 Å². The Morgan fingerprint density at radius 3 is 2.88 bits per heavy atom. The van der Waals surface area contributed by atoms with Crippen molar-refractivity contribution in [3.8, 4) is 0 Å². The van der Waals surface area contributed by atoms with Crippen molar-refractivity contribution >= 4 is 29.0 Å². The van der Waals surface area contributed by atoms with Gasteiger partial charge in [0.05, 0.1) is 13.2 Å². The number of hydrogen-bond acceptors (Lipinski definition) is 6. The molecule has 1 aliphatic heterocycles. The first-order valence-corrected chi connectivity index (χ1v) is 8.93. The lowest BCUT2D eigenvalue weighted by molar-refractivity contribution is 0.0383. The predicted molar refractivity (Wildman–Crippen MR) is 101 cm³/mol. The van der Waals surface area contributed by atoms with E-state index in [0.717, 1.165) is 44.1 Å². The van der Waals surface area contributed by atoms with Gasteiger partial charge in [-0.25, -0.2) is 9.97 Å². The maximum atomic E-state index is 12.3. The summed E-state index contributed by atoms with van der Waals surface area (Å²) in [7, 11) is 0. The van der Waals surface area contributed by atoms with E-state index >= 15 is 0 Å². The number of rotatable bonds is 6. The highest BCUT2D eigenvalue weighted by Gasteiger charge is 2.12. The molecule has 8 heteroatoms. The van der Waals surface area contributed by atoms with E-state index in [1.807, 2.05) is 25.1 Å². The van der Waals surface area contributed by atoms with Gasteiger partial charge in [0, 0.05) is 43.0 Å². The molecule has 0 aliphatic carbocycles. The molecule has 0 spiro atoms. The van der Waals surface area contributed by atoms with E-state index in [4.69, 9.17) is 16.3 Å². The second-order valence-corrected chi connectivity index (χ2v) is 6.52. The largest absolute Gasteiger partial charge is 0.379 e. The van der Waals surface area contributed by atoms with Crippen molar-refractivity contribution in [3.05, 3.63) is 46.9 Å². The van der Waals surface area contributed by atoms with Crippen LogP contribution < -0.4 is 10.6 Å². The predicted octanol–water partition coefficient (Wildman–Crippen LogP) is 2.24. The molecule has 1 aromatic carbocycles. The summed E-state index contributed by atoms with van der Waals surface area (Å²) >= 11 is 6.04. The molecule has 2 heterocycles. The van der Waals surface area contributed by atoms with Gasteiger partial charge in [-0.05, 0) is 24.6 Å². The number of carbonyl (C=O) groups is 1. The van der Waals surface area contributed by atoms with Gasteiger partial charge in [0.1, 0.15) is 17.8 Å². The lowest BCUT2D eigenvalue weighted by Crippen LogP contribution is -2.41. The van der Waals surface area contributed by atoms with Crippen LogP contribution in [0.15, 0.2) is 30.6 Å². The van der Waals surface area contributed by atoms with E-state index in [1.165, 1.54) is 6.33 Å². The summed E-state index contributed by atoms with van der Waals surface area (Å²) in [6.45, 7) is 6.63. The number of nitrogens with zero attached hydrogens (tertiary/aromatic N) is 3. The molecule has 0 radical (unpaired) electrons. The molecule has 1 fully saturated rings. The third-order valence-electron chi connectivity index (χ3n) is 4.18. The van der Waals surface area contributed by atoms with Crippen molar-refractivity contribution in [2.75, 3.05) is 44.7 Å². The van der Waals surface area contributed by atoms with Crippen molar-refractivity contribution in [2.45, 2.75) is 6.92 Å². The number of hydrogen-bond donors (Lipinski definition) is 2. The Bertz CT molecular complexity index is 765. The highest BCUT2D eigenvalue weighted by molar-refractivity contribution is 6.30. The number of morpholine rings is 1. The number of halogens is 1. The molecule has 0 bridgehead atoms. The summed E-state index contributed by atoms with van der Waals surface area (Å²) in [5.74, 6) is 0.329. The van der Waals surface area contributed by atoms with E-state index in [-0.39, 0.29) is 5.91 Å². The standard InChI is InChI=1S/C18H22ClN5O2/c1-13-2-3-14(19)10-15(13)23-17-11-16(21-12-22-17)18(25)20-4-5-24-6-8-26-9-7-24/h2-3,10-12H,4-9H2,1H3,(H,20,25)(H,21,22,23). The SMILES string of the molecule is Cc1ccc(Cl)cc1Nc1cc(C(=O)NCCN2CCOCC2)ncn1. The maximum Gasteiger partial charge on any atom is 0.270 e. The van der Waals surface area contributed by atoms with Crippen molar-refractivity contribution in [1.29, 1.82) is 0 Å². The van der Waals surface area contributed by atoms with Crippen LogP contribution in [0.25, 0.3) is 0 Å². The summed E-state index contributed by atoms with van der Waals surface area (Å²) in [6.07, 6.45) is 1.37. The van der Waals surface area contributed by atoms with Gasteiger partial charge in [0.25, 0.3) is 5.91 Å². The van der Waals surface area contributed by atoms with Gasteiger partial charge in [0.2, 0.25) is 0 Å². The zero-order chi connectivity index (χ0) is 18.4. The number of aryl methyl sites for hydroxylation is 1. The molecule has 1 amide bonds. The molecule has 0 atom stereocenters. The van der Waals surface area contributed by atoms with Crippen LogP contribution in [0.3, 0.4) is 0 Å². The van der Waals surface area contributed by atoms with E-state index < -0.39 is 0 Å². The quantitative estimate of drug-likeness (QED) is 0.806. The minimum Gasteiger partial charge on any atom is -0.379 e. The van der Waals surface area contributed by atoms with Crippen molar-refractivity contribution in [3.63, 3.8) is 0 Å². The van der Waals surface area contributed by atoms with Gasteiger partial charge in [-0.2, -0.15) is 0 Å². The number of anilines is 2. The summed E-state index contributed by atoms with van der Waals surface area (Å²) < 4.78 is 5.31. The number of ether oxygens (including phenoxy) is 1. The number of amides is 1. The Labute approximate surface area is 157 Å². The van der Waals surface area contributed by atoms with E-state index in [9.17, 15) is 4.79 Å². The first kappa shape index (κ1) is 18.6. The number of nitrogens with one attached hydrogen (secondary N) is 2. The molecule has 0 unspecified atom stereocenters. The van der Waals surface area contributed by atoms with Crippen LogP contribution in [0.2, 0.25) is 5.02 Å². The third-order valence-corrected chi connectivity index (χ3v) is 4.41. The fourth-order valence-electron chi connectivity index (χ4n) is 2.66. The van der Waals surface area contributed by atoms with Crippen LogP contribution in [-0.4, -0.2) is 60.2 Å². The summed E-state index contributed by atoms with van der Waals surface area (Å²) in [6, 6.07) is 7.20. The van der Waals surface area contributed by atoms with Crippen LogP contribution >= 0.6 is 11.6 Å². The number of benzene rings is 1. The van der Waals surface area contributed by atoms with Crippen LogP contribution in [0.1, 0.15) is 16.1 Å². The van der Waals surface area contributed by atoms with E-state index in [1.54, 1.807) is 6.07 Å². The van der Waals surface area contributed by atoms with Crippen molar-refractivity contribution < 1.29 is 9.53 Å². The van der Waals surface area contributed by atoms with Gasteiger partial charge in [-0.15, -0.1) is 0 Å². The minimum absolute atomic E-state index is 0.216. The molecule has 1 aromatic heterocycles. The van der Waals surface area contributed by atoms with Gasteiger partial charge in [-0.1, -0.05) is 17.7 Å². The number of aromatic nitrogens is 2. The van der Waals surface area contributed by atoms with E-state index in [0.29, 0.717) is 23.1 Å². The third kappa shape index (κ3) is 5.14. The Morgan fingerprint density at radius 1 is 1.27 bits per heavy atom. The average molecular weight is 376 g/mol. The molecule has 1 aliphatic rings. The monoisotopic (exact) mass is 375 g/mol. The first-order chi connectivity index (χ1) is 12.6. The van der Waals surface area contributed by atoms with Crippen LogP contribution in [0, 0.1) is 6.92 Å². The van der Waals surface area contributed by atoms with Gasteiger partial charge in [0.15, 0.2) is 0 Å². The maximum absolute atomic E-state index is 12.3. The minimum atomic E-state index is -0.216. The molecule has 26 heavy (non-hydrogen) atoms. The fraction of sp³-hybridized carbons (Fsp3) is 0.389. The van der Waals surface area contributed by atoms with Crippen LogP contribution in [-0.2, 0) is 4.74 Å². The molecule has 138 valence electrons. The normalized spacial score (nSPS) is 14.8.